The van der Waals surface area contributed by atoms with Crippen molar-refractivity contribution in [1.82, 2.24) is 20.4 Å². The monoisotopic (exact) mass is 545 g/mol. The van der Waals surface area contributed by atoms with Gasteiger partial charge in [-0.1, -0.05) is 24.3 Å². The van der Waals surface area contributed by atoms with Crippen LogP contribution in [0.3, 0.4) is 0 Å². The lowest BCUT2D eigenvalue weighted by molar-refractivity contribution is 0.00700. The highest BCUT2D eigenvalue weighted by Crippen LogP contribution is 2.16. The van der Waals surface area contributed by atoms with Gasteiger partial charge in [0.15, 0.2) is 5.96 Å². The Morgan fingerprint density at radius 3 is 2.45 bits per heavy atom. The van der Waals surface area contributed by atoms with E-state index in [0.717, 1.165) is 38.8 Å². The molecule has 1 aromatic rings. The molecule has 2 heterocycles. The van der Waals surface area contributed by atoms with Crippen LogP contribution in [-0.2, 0) is 22.6 Å². The summed E-state index contributed by atoms with van der Waals surface area (Å²) in [5.41, 5.74) is 2.11. The van der Waals surface area contributed by atoms with Gasteiger partial charge in [-0.2, -0.15) is 0 Å². The minimum absolute atomic E-state index is 0. The number of ether oxygens (including phenoxy) is 2. The zero-order valence-corrected chi connectivity index (χ0v) is 21.3. The van der Waals surface area contributed by atoms with Gasteiger partial charge in [0, 0.05) is 46.3 Å². The number of halogens is 1. The number of carbonyl (C=O) groups excluding carboxylic acids is 1. The highest BCUT2D eigenvalue weighted by molar-refractivity contribution is 14.0. The second-order valence-corrected chi connectivity index (χ2v) is 8.81. The van der Waals surface area contributed by atoms with Gasteiger partial charge >= 0.3 is 6.09 Å². The molecule has 0 saturated carbocycles. The third kappa shape index (κ3) is 8.12. The Morgan fingerprint density at radius 1 is 1.19 bits per heavy atom. The third-order valence-corrected chi connectivity index (χ3v) is 5.16. The predicted molar refractivity (Wildman–Crippen MR) is 133 cm³/mol. The number of guanidine groups is 1. The number of benzene rings is 1. The molecule has 0 aliphatic carbocycles. The largest absolute Gasteiger partial charge is 0.444 e. The van der Waals surface area contributed by atoms with Crippen molar-refractivity contribution < 1.29 is 14.3 Å². The molecule has 174 valence electrons. The maximum absolute atomic E-state index is 12.1. The maximum atomic E-state index is 12.1. The van der Waals surface area contributed by atoms with Gasteiger partial charge in [0.25, 0.3) is 0 Å². The highest BCUT2D eigenvalue weighted by Gasteiger charge is 2.34. The molecule has 8 nitrogen and oxygen atoms in total. The number of nitrogens with one attached hydrogen (secondary N) is 2. The summed E-state index contributed by atoms with van der Waals surface area (Å²) in [5, 5.41) is 6.79. The summed E-state index contributed by atoms with van der Waals surface area (Å²) in [6.45, 7) is 12.0. The van der Waals surface area contributed by atoms with Gasteiger partial charge < -0.3 is 25.0 Å². The average molecular weight is 545 g/mol. The van der Waals surface area contributed by atoms with Crippen LogP contribution in [0.2, 0.25) is 0 Å². The van der Waals surface area contributed by atoms with E-state index in [1.54, 1.807) is 11.9 Å². The minimum atomic E-state index is -0.470. The van der Waals surface area contributed by atoms with E-state index < -0.39 is 5.60 Å². The number of likely N-dealkylation sites (tertiary alicyclic amines) is 1. The van der Waals surface area contributed by atoms with E-state index in [-0.39, 0.29) is 36.1 Å². The molecule has 2 aliphatic rings. The van der Waals surface area contributed by atoms with Crippen molar-refractivity contribution in [2.45, 2.75) is 45.5 Å². The van der Waals surface area contributed by atoms with E-state index in [9.17, 15) is 4.79 Å². The van der Waals surface area contributed by atoms with Crippen LogP contribution in [0.25, 0.3) is 0 Å². The van der Waals surface area contributed by atoms with Crippen LogP contribution in [0, 0.1) is 0 Å². The molecule has 2 saturated heterocycles. The Labute approximate surface area is 202 Å². The van der Waals surface area contributed by atoms with Crippen LogP contribution in [-0.4, -0.2) is 79.9 Å². The molecule has 1 aromatic carbocycles. The van der Waals surface area contributed by atoms with Crippen LogP contribution >= 0.6 is 24.0 Å². The first-order chi connectivity index (χ1) is 14.3. The summed E-state index contributed by atoms with van der Waals surface area (Å²) >= 11 is 0. The summed E-state index contributed by atoms with van der Waals surface area (Å²) in [5.74, 6) is 0.741. The molecule has 31 heavy (non-hydrogen) atoms. The van der Waals surface area contributed by atoms with E-state index in [1.807, 2.05) is 20.8 Å². The smallest absolute Gasteiger partial charge is 0.410 e. The van der Waals surface area contributed by atoms with Gasteiger partial charge in [0.1, 0.15) is 5.60 Å². The Hall–Kier alpha value is -1.59. The fourth-order valence-corrected chi connectivity index (χ4v) is 3.50. The van der Waals surface area contributed by atoms with E-state index in [0.29, 0.717) is 19.6 Å². The Bertz CT molecular complexity index is 741. The summed E-state index contributed by atoms with van der Waals surface area (Å²) in [4.78, 5) is 20.5. The second-order valence-electron chi connectivity index (χ2n) is 8.81. The topological polar surface area (TPSA) is 78.4 Å². The van der Waals surface area contributed by atoms with E-state index in [4.69, 9.17) is 9.47 Å². The molecular formula is C22H36IN5O3. The molecular weight excluding hydrogens is 509 g/mol. The van der Waals surface area contributed by atoms with Gasteiger partial charge in [-0.3, -0.25) is 9.89 Å². The van der Waals surface area contributed by atoms with Crippen molar-refractivity contribution in [3.63, 3.8) is 0 Å². The Morgan fingerprint density at radius 2 is 1.84 bits per heavy atom. The number of morpholine rings is 1. The summed E-state index contributed by atoms with van der Waals surface area (Å²) in [6, 6.07) is 8.68. The molecule has 0 radical (unpaired) electrons. The Balaban J connectivity index is 0.00000341. The number of aliphatic imine (C=N–C) groups is 1. The Kier molecular flexibility index (Phi) is 9.83. The third-order valence-electron chi connectivity index (χ3n) is 5.16. The number of carbonyl (C=O) groups is 1. The summed E-state index contributed by atoms with van der Waals surface area (Å²) < 4.78 is 10.9. The number of rotatable bonds is 5. The molecule has 0 unspecified atom stereocenters. The summed E-state index contributed by atoms with van der Waals surface area (Å²) in [6.07, 6.45) is -0.263. The lowest BCUT2D eigenvalue weighted by Gasteiger charge is -2.40. The fraction of sp³-hybridized carbons (Fsp3) is 0.636. The maximum Gasteiger partial charge on any atom is 0.410 e. The normalized spacial score (nSPS) is 18.1. The zero-order valence-electron chi connectivity index (χ0n) is 19.0. The molecule has 2 fully saturated rings. The molecule has 2 N–H and O–H groups in total. The molecule has 0 aromatic heterocycles. The molecule has 0 atom stereocenters. The predicted octanol–water partition coefficient (Wildman–Crippen LogP) is 2.42. The first kappa shape index (κ1) is 25.7. The van der Waals surface area contributed by atoms with Crippen molar-refractivity contribution >= 4 is 36.0 Å². The van der Waals surface area contributed by atoms with Crippen molar-refractivity contribution in [3.8, 4) is 0 Å². The molecule has 3 rings (SSSR count). The van der Waals surface area contributed by atoms with Crippen LogP contribution in [0.4, 0.5) is 4.79 Å². The molecule has 1 amide bonds. The molecule has 0 spiro atoms. The van der Waals surface area contributed by atoms with Gasteiger partial charge in [0.2, 0.25) is 0 Å². The second kappa shape index (κ2) is 11.9. The van der Waals surface area contributed by atoms with E-state index >= 15 is 0 Å². The van der Waals surface area contributed by atoms with Crippen LogP contribution in [0.1, 0.15) is 31.9 Å². The van der Waals surface area contributed by atoms with Gasteiger partial charge in [-0.15, -0.1) is 24.0 Å². The highest BCUT2D eigenvalue weighted by atomic mass is 127. The van der Waals surface area contributed by atoms with E-state index in [1.165, 1.54) is 11.1 Å². The van der Waals surface area contributed by atoms with E-state index in [2.05, 4.69) is 44.8 Å². The van der Waals surface area contributed by atoms with Crippen molar-refractivity contribution in [1.29, 1.82) is 0 Å². The first-order valence-corrected chi connectivity index (χ1v) is 10.7. The van der Waals surface area contributed by atoms with Crippen LogP contribution in [0.15, 0.2) is 29.3 Å². The van der Waals surface area contributed by atoms with Crippen molar-refractivity contribution in [2.24, 2.45) is 4.99 Å². The quantitative estimate of drug-likeness (QED) is 0.336. The minimum Gasteiger partial charge on any atom is -0.444 e. The summed E-state index contributed by atoms with van der Waals surface area (Å²) in [7, 11) is 1.76. The average Bonchev–Trinajstić information content (AvgIpc) is 2.67. The number of hydrogen-bond donors (Lipinski definition) is 2. The zero-order chi connectivity index (χ0) is 21.6. The number of amides is 1. The molecule has 0 bridgehead atoms. The number of hydrogen-bond acceptors (Lipinski definition) is 5. The van der Waals surface area contributed by atoms with Gasteiger partial charge in [-0.05, 0) is 31.9 Å². The lowest BCUT2D eigenvalue weighted by atomic mass is 10.1. The van der Waals surface area contributed by atoms with Gasteiger partial charge in [0.05, 0.1) is 19.3 Å². The van der Waals surface area contributed by atoms with Gasteiger partial charge in [-0.25, -0.2) is 4.79 Å². The number of nitrogens with zero attached hydrogens (tertiary/aromatic N) is 3. The SMILES string of the molecule is CN=C(NCc1ccccc1CN1CCOCC1)NC1CN(C(=O)OC(C)(C)C)C1.I. The van der Waals surface area contributed by atoms with Crippen LogP contribution in [0.5, 0.6) is 0 Å². The fourth-order valence-electron chi connectivity index (χ4n) is 3.50. The standard InChI is InChI=1S/C22H35N5O3.HI/c1-22(2,3)30-21(28)27-15-19(16-27)25-20(23-4)24-13-17-7-5-6-8-18(17)14-26-9-11-29-12-10-26;/h5-8,19H,9-16H2,1-4H3,(H2,23,24,25);1H. The lowest BCUT2D eigenvalue weighted by Crippen LogP contribution is -2.63. The van der Waals surface area contributed by atoms with Crippen LogP contribution < -0.4 is 10.6 Å². The molecule has 9 heteroatoms. The van der Waals surface area contributed by atoms with Crippen molar-refractivity contribution in [2.75, 3.05) is 46.4 Å². The first-order valence-electron chi connectivity index (χ1n) is 10.7. The van der Waals surface area contributed by atoms with Crippen molar-refractivity contribution in [3.05, 3.63) is 35.4 Å². The molecule has 2 aliphatic heterocycles.